The van der Waals surface area contributed by atoms with E-state index in [0.717, 1.165) is 29.4 Å². The number of imidazole rings is 1. The summed E-state index contributed by atoms with van der Waals surface area (Å²) in [6, 6.07) is 12.0. The highest BCUT2D eigenvalue weighted by Crippen LogP contribution is 2.27. The third-order valence-electron chi connectivity index (χ3n) is 4.65. The molecule has 0 bridgehead atoms. The van der Waals surface area contributed by atoms with Gasteiger partial charge in [-0.3, -0.25) is 0 Å². The molecule has 0 aliphatic heterocycles. The van der Waals surface area contributed by atoms with E-state index in [9.17, 15) is 4.79 Å². The second kappa shape index (κ2) is 8.87. The van der Waals surface area contributed by atoms with E-state index in [1.165, 1.54) is 16.9 Å². The Balaban J connectivity index is 1.52. The van der Waals surface area contributed by atoms with Crippen molar-refractivity contribution in [3.8, 4) is 10.6 Å². The van der Waals surface area contributed by atoms with Gasteiger partial charge in [-0.25, -0.2) is 14.8 Å². The second-order valence-electron chi connectivity index (χ2n) is 6.54. The summed E-state index contributed by atoms with van der Waals surface area (Å²) < 4.78 is 13.0. The van der Waals surface area contributed by atoms with Crippen LogP contribution in [0.25, 0.3) is 10.6 Å². The Labute approximate surface area is 172 Å². The fourth-order valence-electron chi connectivity index (χ4n) is 3.14. The van der Waals surface area contributed by atoms with Gasteiger partial charge in [-0.05, 0) is 31.4 Å². The molecule has 1 atom stereocenters. The lowest BCUT2D eigenvalue weighted by atomic mass is 10.1. The van der Waals surface area contributed by atoms with Gasteiger partial charge < -0.3 is 13.7 Å². The lowest BCUT2D eigenvalue weighted by Crippen LogP contribution is -2.17. The molecule has 3 heterocycles. The third kappa shape index (κ3) is 4.46. The summed E-state index contributed by atoms with van der Waals surface area (Å²) in [5, 5.41) is 2.44. The fraction of sp³-hybridized carbons (Fsp3) is 0.227. The van der Waals surface area contributed by atoms with Crippen LogP contribution in [-0.2, 0) is 17.7 Å². The summed E-state index contributed by atoms with van der Waals surface area (Å²) in [5.41, 5.74) is 2.33. The van der Waals surface area contributed by atoms with Gasteiger partial charge in [-0.2, -0.15) is 0 Å². The van der Waals surface area contributed by atoms with E-state index >= 15 is 0 Å². The first-order valence-electron chi connectivity index (χ1n) is 9.48. The van der Waals surface area contributed by atoms with E-state index in [-0.39, 0.29) is 0 Å². The number of thiazole rings is 1. The van der Waals surface area contributed by atoms with Gasteiger partial charge in [0.25, 0.3) is 0 Å². The molecular formula is C22H21N3O3S. The number of aromatic nitrogens is 3. The van der Waals surface area contributed by atoms with Crippen LogP contribution in [0.5, 0.6) is 0 Å². The molecule has 7 heteroatoms. The van der Waals surface area contributed by atoms with E-state index in [2.05, 4.69) is 22.1 Å². The maximum absolute atomic E-state index is 12.8. The fourth-order valence-corrected chi connectivity index (χ4v) is 3.91. The monoisotopic (exact) mass is 407 g/mol. The SMILES string of the molecule is CCn1ccnc1[C@H](CCc1ccccc1)OC(=O)c1csc(-c2ccoc2)n1. The zero-order valence-corrected chi connectivity index (χ0v) is 16.8. The van der Waals surface area contributed by atoms with Crippen molar-refractivity contribution in [2.45, 2.75) is 32.4 Å². The van der Waals surface area contributed by atoms with Crippen LogP contribution in [0.4, 0.5) is 0 Å². The number of carbonyl (C=O) groups excluding carboxylic acids is 1. The molecule has 0 saturated carbocycles. The van der Waals surface area contributed by atoms with Crippen LogP contribution >= 0.6 is 11.3 Å². The minimum atomic E-state index is -0.447. The average Bonchev–Trinajstić information content (AvgIpc) is 3.52. The number of hydrogen-bond acceptors (Lipinski definition) is 6. The summed E-state index contributed by atoms with van der Waals surface area (Å²) >= 11 is 1.39. The Morgan fingerprint density at radius 3 is 2.90 bits per heavy atom. The minimum absolute atomic E-state index is 0.297. The Morgan fingerprint density at radius 1 is 1.28 bits per heavy atom. The number of ether oxygens (including phenoxy) is 1. The van der Waals surface area contributed by atoms with Crippen LogP contribution in [0.15, 0.2) is 71.1 Å². The summed E-state index contributed by atoms with van der Waals surface area (Å²) in [6.07, 6.45) is 7.81. The molecule has 4 aromatic rings. The number of carbonyl (C=O) groups is 1. The molecule has 3 aromatic heterocycles. The molecule has 0 aliphatic carbocycles. The maximum atomic E-state index is 12.8. The molecule has 4 rings (SSSR count). The highest BCUT2D eigenvalue weighted by atomic mass is 32.1. The highest BCUT2D eigenvalue weighted by molar-refractivity contribution is 7.13. The number of furan rings is 1. The van der Waals surface area contributed by atoms with E-state index in [4.69, 9.17) is 9.15 Å². The van der Waals surface area contributed by atoms with Gasteiger partial charge in [0.05, 0.1) is 6.26 Å². The minimum Gasteiger partial charge on any atom is -0.472 e. The van der Waals surface area contributed by atoms with Gasteiger partial charge in [0.15, 0.2) is 11.8 Å². The Bertz CT molecular complexity index is 1050. The Kier molecular flexibility index (Phi) is 5.86. The zero-order valence-electron chi connectivity index (χ0n) is 16.0. The topological polar surface area (TPSA) is 70.2 Å². The molecule has 1 aromatic carbocycles. The van der Waals surface area contributed by atoms with Crippen LogP contribution in [0.2, 0.25) is 0 Å². The lowest BCUT2D eigenvalue weighted by molar-refractivity contribution is 0.0242. The van der Waals surface area contributed by atoms with Gasteiger partial charge in [0, 0.05) is 29.9 Å². The molecule has 0 N–H and O–H groups in total. The normalized spacial score (nSPS) is 12.0. The molecule has 0 radical (unpaired) electrons. The Morgan fingerprint density at radius 2 is 2.14 bits per heavy atom. The van der Waals surface area contributed by atoms with E-state index in [0.29, 0.717) is 12.1 Å². The molecule has 148 valence electrons. The van der Waals surface area contributed by atoms with Gasteiger partial charge in [-0.1, -0.05) is 30.3 Å². The molecule has 6 nitrogen and oxygen atoms in total. The van der Waals surface area contributed by atoms with E-state index in [1.54, 1.807) is 24.1 Å². The number of hydrogen-bond donors (Lipinski definition) is 0. The molecule has 0 aliphatic rings. The number of rotatable bonds is 8. The van der Waals surface area contributed by atoms with Crippen molar-refractivity contribution in [2.75, 3.05) is 0 Å². The second-order valence-corrected chi connectivity index (χ2v) is 7.40. The average molecular weight is 407 g/mol. The number of esters is 1. The van der Waals surface area contributed by atoms with Crippen molar-refractivity contribution in [1.82, 2.24) is 14.5 Å². The molecule has 0 fully saturated rings. The quantitative estimate of drug-likeness (QED) is 0.378. The van der Waals surface area contributed by atoms with Crippen LogP contribution in [0.1, 0.15) is 41.3 Å². The predicted molar refractivity (Wildman–Crippen MR) is 111 cm³/mol. The number of nitrogens with zero attached hydrogens (tertiary/aromatic N) is 3. The van der Waals surface area contributed by atoms with Gasteiger partial charge in [-0.15, -0.1) is 11.3 Å². The Hall–Kier alpha value is -3.19. The molecule has 0 unspecified atom stereocenters. The van der Waals surface area contributed by atoms with Crippen molar-refractivity contribution >= 4 is 17.3 Å². The summed E-state index contributed by atoms with van der Waals surface area (Å²) in [6.45, 7) is 2.80. The summed E-state index contributed by atoms with van der Waals surface area (Å²) in [5.74, 6) is 0.307. The summed E-state index contributed by atoms with van der Waals surface area (Å²) in [7, 11) is 0. The number of benzene rings is 1. The molecular weight excluding hydrogens is 386 g/mol. The van der Waals surface area contributed by atoms with Crippen LogP contribution in [0.3, 0.4) is 0 Å². The first kappa shape index (κ1) is 19.1. The molecule has 0 amide bonds. The van der Waals surface area contributed by atoms with E-state index < -0.39 is 12.1 Å². The van der Waals surface area contributed by atoms with Gasteiger partial charge in [0.2, 0.25) is 0 Å². The first-order chi connectivity index (χ1) is 14.2. The standard InChI is InChI=1S/C22H21N3O3S/c1-2-25-12-11-23-20(25)19(9-8-16-6-4-3-5-7-16)28-22(26)18-15-29-21(24-18)17-10-13-27-14-17/h3-7,10-15,19H,2,8-9H2,1H3/t19-/m0/s1. The zero-order chi connectivity index (χ0) is 20.1. The molecule has 0 spiro atoms. The number of aryl methyl sites for hydroxylation is 2. The largest absolute Gasteiger partial charge is 0.472 e. The smallest absolute Gasteiger partial charge is 0.358 e. The van der Waals surface area contributed by atoms with Crippen LogP contribution in [-0.4, -0.2) is 20.5 Å². The third-order valence-corrected chi connectivity index (χ3v) is 5.54. The van der Waals surface area contributed by atoms with Crippen molar-refractivity contribution in [1.29, 1.82) is 0 Å². The van der Waals surface area contributed by atoms with Crippen molar-refractivity contribution in [3.05, 3.63) is 83.8 Å². The maximum Gasteiger partial charge on any atom is 0.358 e. The molecule has 0 saturated heterocycles. The van der Waals surface area contributed by atoms with Crippen LogP contribution in [0, 0.1) is 0 Å². The van der Waals surface area contributed by atoms with E-state index in [1.807, 2.05) is 42.0 Å². The van der Waals surface area contributed by atoms with Crippen molar-refractivity contribution in [2.24, 2.45) is 0 Å². The van der Waals surface area contributed by atoms with Crippen molar-refractivity contribution in [3.63, 3.8) is 0 Å². The van der Waals surface area contributed by atoms with Gasteiger partial charge >= 0.3 is 5.97 Å². The van der Waals surface area contributed by atoms with Crippen LogP contribution < -0.4 is 0 Å². The highest BCUT2D eigenvalue weighted by Gasteiger charge is 2.24. The summed E-state index contributed by atoms with van der Waals surface area (Å²) in [4.78, 5) is 21.7. The first-order valence-corrected chi connectivity index (χ1v) is 10.4. The van der Waals surface area contributed by atoms with Gasteiger partial charge in [0.1, 0.15) is 17.1 Å². The molecule has 29 heavy (non-hydrogen) atoms. The predicted octanol–water partition coefficient (Wildman–Crippen LogP) is 5.15. The lowest BCUT2D eigenvalue weighted by Gasteiger charge is -2.18. The van der Waals surface area contributed by atoms with Crippen molar-refractivity contribution < 1.29 is 13.9 Å².